The van der Waals surface area contributed by atoms with Crippen LogP contribution < -0.4 is 0 Å². The summed E-state index contributed by atoms with van der Waals surface area (Å²) in [7, 11) is 0. The summed E-state index contributed by atoms with van der Waals surface area (Å²) in [6.07, 6.45) is 8.07. The van der Waals surface area contributed by atoms with Gasteiger partial charge in [0, 0.05) is 25.5 Å². The van der Waals surface area contributed by atoms with Gasteiger partial charge in [-0.1, -0.05) is 6.08 Å². The second-order valence-corrected chi connectivity index (χ2v) is 4.62. The zero-order valence-electron chi connectivity index (χ0n) is 9.04. The predicted octanol–water partition coefficient (Wildman–Crippen LogP) is 1.57. The molecule has 1 aliphatic heterocycles. The molecule has 16 heavy (non-hydrogen) atoms. The molecular formula is C13H14N2O. The molecule has 0 saturated carbocycles. The minimum absolute atomic E-state index is 0.563. The summed E-state index contributed by atoms with van der Waals surface area (Å²) in [6.45, 7) is 1.81. The van der Waals surface area contributed by atoms with Crippen molar-refractivity contribution in [3.8, 4) is 0 Å². The fraction of sp³-hybridized carbons (Fsp3) is 0.385. The summed E-state index contributed by atoms with van der Waals surface area (Å²) in [5.74, 6) is 1.20. The van der Waals surface area contributed by atoms with Crippen LogP contribution in [0.3, 0.4) is 0 Å². The van der Waals surface area contributed by atoms with Gasteiger partial charge in [0.25, 0.3) is 0 Å². The molecule has 0 spiro atoms. The standard InChI is InChI=1S/C13H14N2O/c16-9-15-7-12-5-11(6-13(12)8-15)10-1-3-14-4-2-10/h1-5,9,12-13H,6-8H2. The summed E-state index contributed by atoms with van der Waals surface area (Å²) < 4.78 is 0. The van der Waals surface area contributed by atoms with Crippen LogP contribution in [-0.2, 0) is 4.79 Å². The van der Waals surface area contributed by atoms with Crippen LogP contribution in [0.25, 0.3) is 5.57 Å². The maximum Gasteiger partial charge on any atom is 0.209 e. The van der Waals surface area contributed by atoms with Gasteiger partial charge in [-0.15, -0.1) is 0 Å². The molecule has 2 atom stereocenters. The van der Waals surface area contributed by atoms with Gasteiger partial charge in [-0.25, -0.2) is 0 Å². The Hall–Kier alpha value is -1.64. The number of rotatable bonds is 2. The molecule has 1 fully saturated rings. The minimum atomic E-state index is 0.563. The maximum absolute atomic E-state index is 10.7. The van der Waals surface area contributed by atoms with E-state index in [1.165, 1.54) is 11.1 Å². The zero-order valence-corrected chi connectivity index (χ0v) is 9.04. The molecule has 1 amide bonds. The smallest absolute Gasteiger partial charge is 0.209 e. The summed E-state index contributed by atoms with van der Waals surface area (Å²) in [5.41, 5.74) is 2.70. The second kappa shape index (κ2) is 3.74. The van der Waals surface area contributed by atoms with Crippen LogP contribution in [0.2, 0.25) is 0 Å². The Morgan fingerprint density at radius 3 is 2.81 bits per heavy atom. The van der Waals surface area contributed by atoms with Crippen molar-refractivity contribution in [2.24, 2.45) is 11.8 Å². The van der Waals surface area contributed by atoms with Crippen molar-refractivity contribution in [3.05, 3.63) is 36.2 Å². The molecule has 2 heterocycles. The van der Waals surface area contributed by atoms with E-state index < -0.39 is 0 Å². The van der Waals surface area contributed by atoms with Crippen LogP contribution >= 0.6 is 0 Å². The van der Waals surface area contributed by atoms with Gasteiger partial charge in [-0.3, -0.25) is 9.78 Å². The Kier molecular flexibility index (Phi) is 2.24. The second-order valence-electron chi connectivity index (χ2n) is 4.62. The highest BCUT2D eigenvalue weighted by molar-refractivity contribution is 5.68. The normalized spacial score (nSPS) is 27.8. The Morgan fingerprint density at radius 2 is 2.12 bits per heavy atom. The molecular weight excluding hydrogens is 200 g/mol. The highest BCUT2D eigenvalue weighted by atomic mass is 16.1. The van der Waals surface area contributed by atoms with E-state index in [-0.39, 0.29) is 0 Å². The first-order valence-corrected chi connectivity index (χ1v) is 5.67. The molecule has 82 valence electrons. The SMILES string of the molecule is O=CN1CC2C=C(c3ccncc3)CC2C1. The van der Waals surface area contributed by atoms with Crippen molar-refractivity contribution in [1.29, 1.82) is 0 Å². The molecule has 1 aromatic rings. The van der Waals surface area contributed by atoms with Gasteiger partial charge in [0.15, 0.2) is 0 Å². The molecule has 1 aliphatic carbocycles. The maximum atomic E-state index is 10.7. The Bertz CT molecular complexity index is 427. The lowest BCUT2D eigenvalue weighted by atomic mass is 9.99. The van der Waals surface area contributed by atoms with Crippen molar-refractivity contribution in [3.63, 3.8) is 0 Å². The largest absolute Gasteiger partial charge is 0.344 e. The summed E-state index contributed by atoms with van der Waals surface area (Å²) in [6, 6.07) is 4.12. The number of carbonyl (C=O) groups excluding carboxylic acids is 1. The van der Waals surface area contributed by atoms with Gasteiger partial charge < -0.3 is 4.90 Å². The van der Waals surface area contributed by atoms with Gasteiger partial charge in [-0.05, 0) is 41.5 Å². The van der Waals surface area contributed by atoms with E-state index >= 15 is 0 Å². The highest BCUT2D eigenvalue weighted by Gasteiger charge is 2.35. The van der Waals surface area contributed by atoms with Gasteiger partial charge in [-0.2, -0.15) is 0 Å². The van der Waals surface area contributed by atoms with Crippen LogP contribution in [0, 0.1) is 11.8 Å². The van der Waals surface area contributed by atoms with E-state index in [9.17, 15) is 4.79 Å². The number of amides is 1. The number of aromatic nitrogens is 1. The van der Waals surface area contributed by atoms with Gasteiger partial charge in [0.2, 0.25) is 6.41 Å². The van der Waals surface area contributed by atoms with Crippen LogP contribution in [0.15, 0.2) is 30.6 Å². The van der Waals surface area contributed by atoms with Gasteiger partial charge in [0.1, 0.15) is 0 Å². The van der Waals surface area contributed by atoms with E-state index in [0.717, 1.165) is 25.9 Å². The first-order chi connectivity index (χ1) is 7.86. The fourth-order valence-electron chi connectivity index (χ4n) is 2.81. The third-order valence-corrected chi connectivity index (χ3v) is 3.62. The molecule has 2 unspecified atom stereocenters. The zero-order chi connectivity index (χ0) is 11.0. The number of carbonyl (C=O) groups is 1. The molecule has 1 aromatic heterocycles. The third-order valence-electron chi connectivity index (χ3n) is 3.62. The van der Waals surface area contributed by atoms with Crippen molar-refractivity contribution < 1.29 is 4.79 Å². The van der Waals surface area contributed by atoms with Crippen LogP contribution in [0.4, 0.5) is 0 Å². The Morgan fingerprint density at radius 1 is 1.31 bits per heavy atom. The predicted molar refractivity (Wildman–Crippen MR) is 61.4 cm³/mol. The summed E-state index contributed by atoms with van der Waals surface area (Å²) >= 11 is 0. The van der Waals surface area contributed by atoms with Crippen molar-refractivity contribution >= 4 is 12.0 Å². The van der Waals surface area contributed by atoms with Crippen molar-refractivity contribution in [2.45, 2.75) is 6.42 Å². The highest BCUT2D eigenvalue weighted by Crippen LogP contribution is 2.40. The average molecular weight is 214 g/mol. The fourth-order valence-corrected chi connectivity index (χ4v) is 2.81. The first-order valence-electron chi connectivity index (χ1n) is 5.67. The molecule has 0 bridgehead atoms. The molecule has 0 N–H and O–H groups in total. The Labute approximate surface area is 94.8 Å². The average Bonchev–Trinajstić information content (AvgIpc) is 2.87. The monoisotopic (exact) mass is 214 g/mol. The van der Waals surface area contributed by atoms with E-state index in [0.29, 0.717) is 11.8 Å². The van der Waals surface area contributed by atoms with Crippen molar-refractivity contribution in [1.82, 2.24) is 9.88 Å². The topological polar surface area (TPSA) is 33.2 Å². The van der Waals surface area contributed by atoms with Gasteiger partial charge >= 0.3 is 0 Å². The summed E-state index contributed by atoms with van der Waals surface area (Å²) in [5, 5.41) is 0. The van der Waals surface area contributed by atoms with Gasteiger partial charge in [0.05, 0.1) is 0 Å². The van der Waals surface area contributed by atoms with E-state index in [1.54, 1.807) is 0 Å². The number of pyridine rings is 1. The summed E-state index contributed by atoms with van der Waals surface area (Å²) in [4.78, 5) is 16.6. The number of fused-ring (bicyclic) bond motifs is 1. The Balaban J connectivity index is 1.80. The number of hydrogen-bond acceptors (Lipinski definition) is 2. The quantitative estimate of drug-likeness (QED) is 0.700. The van der Waals surface area contributed by atoms with E-state index in [2.05, 4.69) is 23.2 Å². The molecule has 3 heteroatoms. The minimum Gasteiger partial charge on any atom is -0.344 e. The van der Waals surface area contributed by atoms with Crippen LogP contribution in [0.5, 0.6) is 0 Å². The molecule has 0 aromatic carbocycles. The lowest BCUT2D eigenvalue weighted by molar-refractivity contribution is -0.117. The van der Waals surface area contributed by atoms with E-state index in [4.69, 9.17) is 0 Å². The molecule has 0 radical (unpaired) electrons. The van der Waals surface area contributed by atoms with Crippen molar-refractivity contribution in [2.75, 3.05) is 13.1 Å². The molecule has 2 aliphatic rings. The number of nitrogens with zero attached hydrogens (tertiary/aromatic N) is 2. The lowest BCUT2D eigenvalue weighted by Crippen LogP contribution is -2.18. The van der Waals surface area contributed by atoms with Crippen LogP contribution in [-0.4, -0.2) is 29.4 Å². The van der Waals surface area contributed by atoms with E-state index in [1.807, 2.05) is 17.3 Å². The van der Waals surface area contributed by atoms with Crippen LogP contribution in [0.1, 0.15) is 12.0 Å². The number of likely N-dealkylation sites (tertiary alicyclic amines) is 1. The molecule has 3 nitrogen and oxygen atoms in total. The number of hydrogen-bond donors (Lipinski definition) is 0. The molecule has 3 rings (SSSR count). The number of allylic oxidation sites excluding steroid dienone is 1. The first kappa shape index (κ1) is 9.58. The third kappa shape index (κ3) is 1.52. The molecule has 1 saturated heterocycles. The lowest BCUT2D eigenvalue weighted by Gasteiger charge is -2.10.